The Morgan fingerprint density at radius 1 is 1.14 bits per heavy atom. The molecule has 0 spiro atoms. The van der Waals surface area contributed by atoms with Gasteiger partial charge < -0.3 is 24.9 Å². The molecule has 0 saturated carbocycles. The van der Waals surface area contributed by atoms with Gasteiger partial charge in [0.1, 0.15) is 12.0 Å². The van der Waals surface area contributed by atoms with Crippen molar-refractivity contribution in [2.45, 2.75) is 53.8 Å². The molecule has 36 heavy (non-hydrogen) atoms. The standard InChI is InChI=1S/C14H13N3O3.C11H15NO2.C2H6/c1-2-15-14(18)11-5-3-10(4-6-11)12-7-8-13(16-9-12)17(19)20;1-8-10-6-9(4-5-12-8)7-13-11(2,3)14-10;1-2/h3-9H,2H2,1H3,(H,15,18);4-5H,6-7H2,1-3H3;1-2H3. The number of hydrogen-bond acceptors (Lipinski definition) is 7. The van der Waals surface area contributed by atoms with Crippen LogP contribution in [0.2, 0.25) is 0 Å². The van der Waals surface area contributed by atoms with Crippen molar-refractivity contribution in [1.29, 1.82) is 0 Å². The third-order valence-electron chi connectivity index (χ3n) is 5.10. The third-order valence-corrected chi connectivity index (χ3v) is 5.10. The van der Waals surface area contributed by atoms with Crippen LogP contribution in [-0.4, -0.2) is 41.0 Å². The quantitative estimate of drug-likeness (QED) is 0.422. The molecule has 2 aliphatic rings. The second kappa shape index (κ2) is 13.3. The number of pyridine rings is 1. The van der Waals surface area contributed by atoms with E-state index in [4.69, 9.17) is 9.47 Å². The lowest BCUT2D eigenvalue weighted by Gasteiger charge is -2.25. The van der Waals surface area contributed by atoms with Crippen molar-refractivity contribution in [1.82, 2.24) is 10.3 Å². The summed E-state index contributed by atoms with van der Waals surface area (Å²) in [5.74, 6) is 0.0695. The first-order valence-corrected chi connectivity index (χ1v) is 11.9. The van der Waals surface area contributed by atoms with Crippen LogP contribution in [0.1, 0.15) is 58.3 Å². The van der Waals surface area contributed by atoms with E-state index in [1.165, 1.54) is 17.8 Å². The molecule has 2 bridgehead atoms. The van der Waals surface area contributed by atoms with E-state index in [2.05, 4.69) is 15.3 Å². The van der Waals surface area contributed by atoms with Gasteiger partial charge in [-0.25, -0.2) is 0 Å². The van der Waals surface area contributed by atoms with E-state index in [1.807, 2.05) is 53.8 Å². The number of fused-ring (bicyclic) bond motifs is 2. The van der Waals surface area contributed by atoms with Gasteiger partial charge in [-0.05, 0) is 59.2 Å². The van der Waals surface area contributed by atoms with Crippen molar-refractivity contribution < 1.29 is 19.2 Å². The fourth-order valence-corrected chi connectivity index (χ4v) is 3.26. The molecule has 1 aromatic carbocycles. The molecule has 0 atom stereocenters. The van der Waals surface area contributed by atoms with Crippen LogP contribution in [0.5, 0.6) is 0 Å². The summed E-state index contributed by atoms with van der Waals surface area (Å²) in [5.41, 5.74) is 4.34. The summed E-state index contributed by atoms with van der Waals surface area (Å²) in [5, 5.41) is 13.2. The monoisotopic (exact) mass is 494 g/mol. The van der Waals surface area contributed by atoms with Gasteiger partial charge in [0.15, 0.2) is 0 Å². The van der Waals surface area contributed by atoms with Gasteiger partial charge in [0.2, 0.25) is 5.79 Å². The highest BCUT2D eigenvalue weighted by molar-refractivity contribution is 5.94. The zero-order valence-corrected chi connectivity index (χ0v) is 21.7. The Morgan fingerprint density at radius 3 is 2.39 bits per heavy atom. The van der Waals surface area contributed by atoms with Crippen molar-refractivity contribution in [2.24, 2.45) is 4.99 Å². The van der Waals surface area contributed by atoms with Crippen LogP contribution in [0, 0.1) is 10.1 Å². The van der Waals surface area contributed by atoms with Gasteiger partial charge in [0, 0.05) is 50.2 Å². The van der Waals surface area contributed by atoms with Crippen molar-refractivity contribution in [3.05, 3.63) is 81.4 Å². The summed E-state index contributed by atoms with van der Waals surface area (Å²) in [4.78, 5) is 29.6. The number of carbonyl (C=O) groups excluding carboxylic acids is 1. The van der Waals surface area contributed by atoms with Crippen molar-refractivity contribution in [3.8, 4) is 11.1 Å². The predicted octanol–water partition coefficient (Wildman–Crippen LogP) is 5.83. The first kappa shape index (κ1) is 28.4. The second-order valence-electron chi connectivity index (χ2n) is 8.18. The molecular weight excluding hydrogens is 460 g/mol. The van der Waals surface area contributed by atoms with Crippen molar-refractivity contribution in [2.75, 3.05) is 13.2 Å². The first-order chi connectivity index (χ1) is 17.2. The number of rotatable bonds is 4. The average Bonchev–Trinajstić information content (AvgIpc) is 3.15. The molecule has 192 valence electrons. The normalized spacial score (nSPS) is 15.4. The Hall–Kier alpha value is -3.85. The fourth-order valence-electron chi connectivity index (χ4n) is 3.26. The molecule has 3 heterocycles. The Kier molecular flexibility index (Phi) is 10.5. The Morgan fingerprint density at radius 2 is 1.81 bits per heavy atom. The zero-order chi connectivity index (χ0) is 26.7. The molecule has 2 aliphatic heterocycles. The molecule has 1 fully saturated rings. The SMILES string of the molecule is CC.CC1=C2CC(=CC=N1)COC(C)(C)O2.CCNC(=O)c1ccc(-c2ccc([N+](=O)[O-])nc2)cc1. The molecule has 0 aliphatic carbocycles. The minimum absolute atomic E-state index is 0.124. The summed E-state index contributed by atoms with van der Waals surface area (Å²) >= 11 is 0. The molecule has 9 heteroatoms. The zero-order valence-electron chi connectivity index (χ0n) is 21.7. The van der Waals surface area contributed by atoms with E-state index >= 15 is 0 Å². The molecule has 1 amide bonds. The predicted molar refractivity (Wildman–Crippen MR) is 141 cm³/mol. The summed E-state index contributed by atoms with van der Waals surface area (Å²) in [6, 6.07) is 9.98. The number of hydrogen-bond donors (Lipinski definition) is 1. The molecule has 2 aromatic rings. The van der Waals surface area contributed by atoms with E-state index in [9.17, 15) is 14.9 Å². The van der Waals surface area contributed by atoms with Crippen LogP contribution in [-0.2, 0) is 9.47 Å². The number of aromatic nitrogens is 1. The summed E-state index contributed by atoms with van der Waals surface area (Å²) in [6.45, 7) is 12.9. The smallest absolute Gasteiger partial charge is 0.363 e. The van der Waals surface area contributed by atoms with E-state index < -0.39 is 10.7 Å². The van der Waals surface area contributed by atoms with Gasteiger partial charge >= 0.3 is 5.82 Å². The number of nitrogens with one attached hydrogen (secondary N) is 1. The Balaban J connectivity index is 0.000000250. The van der Waals surface area contributed by atoms with E-state index in [1.54, 1.807) is 30.3 Å². The number of nitrogens with zero attached hydrogens (tertiary/aromatic N) is 3. The van der Waals surface area contributed by atoms with Crippen LogP contribution in [0.25, 0.3) is 11.1 Å². The second-order valence-corrected chi connectivity index (χ2v) is 8.18. The van der Waals surface area contributed by atoms with Crippen molar-refractivity contribution >= 4 is 17.9 Å². The maximum atomic E-state index is 11.6. The minimum atomic E-state index is -0.543. The highest BCUT2D eigenvalue weighted by Gasteiger charge is 2.27. The first-order valence-electron chi connectivity index (χ1n) is 11.9. The van der Waals surface area contributed by atoms with E-state index in [0.717, 1.165) is 29.0 Å². The average molecular weight is 495 g/mol. The molecule has 0 radical (unpaired) electrons. The number of allylic oxidation sites excluding steroid dienone is 3. The number of nitro groups is 1. The Labute approximate surface area is 212 Å². The lowest BCUT2D eigenvalue weighted by atomic mass is 10.1. The van der Waals surface area contributed by atoms with Crippen LogP contribution >= 0.6 is 0 Å². The van der Waals surface area contributed by atoms with Gasteiger partial charge in [-0.3, -0.25) is 9.79 Å². The van der Waals surface area contributed by atoms with Crippen LogP contribution < -0.4 is 5.32 Å². The lowest BCUT2D eigenvalue weighted by Crippen LogP contribution is -2.26. The summed E-state index contributed by atoms with van der Waals surface area (Å²) in [7, 11) is 0. The van der Waals surface area contributed by atoms with Gasteiger partial charge in [-0.2, -0.15) is 0 Å². The molecule has 9 nitrogen and oxygen atoms in total. The molecule has 1 N–H and O–H groups in total. The van der Waals surface area contributed by atoms with Crippen LogP contribution in [0.3, 0.4) is 0 Å². The number of carbonyl (C=O) groups is 1. The maximum Gasteiger partial charge on any atom is 0.363 e. The van der Waals surface area contributed by atoms with Crippen LogP contribution in [0.15, 0.2) is 70.7 Å². The van der Waals surface area contributed by atoms with Crippen molar-refractivity contribution in [3.63, 3.8) is 0 Å². The number of benzene rings is 1. The highest BCUT2D eigenvalue weighted by atomic mass is 16.7. The molecule has 1 aromatic heterocycles. The maximum absolute atomic E-state index is 11.6. The molecule has 4 rings (SSSR count). The fraction of sp³-hybridized carbons (Fsp3) is 0.370. The largest absolute Gasteiger partial charge is 0.465 e. The minimum Gasteiger partial charge on any atom is -0.465 e. The number of ether oxygens (including phenoxy) is 2. The van der Waals surface area contributed by atoms with Gasteiger partial charge in [-0.15, -0.1) is 0 Å². The third kappa shape index (κ3) is 8.13. The lowest BCUT2D eigenvalue weighted by molar-refractivity contribution is -0.389. The summed E-state index contributed by atoms with van der Waals surface area (Å²) in [6.07, 6.45) is 6.07. The van der Waals surface area contributed by atoms with Gasteiger partial charge in [0.05, 0.1) is 12.3 Å². The van der Waals surface area contributed by atoms with Gasteiger partial charge in [-0.1, -0.05) is 26.0 Å². The molecule has 0 unspecified atom stereocenters. The highest BCUT2D eigenvalue weighted by Crippen LogP contribution is 2.30. The molecular formula is C27H34N4O5. The van der Waals surface area contributed by atoms with Gasteiger partial charge in [0.25, 0.3) is 5.91 Å². The number of amides is 1. The topological polar surface area (TPSA) is 116 Å². The van der Waals surface area contributed by atoms with Crippen LogP contribution in [0.4, 0.5) is 5.82 Å². The number of aliphatic imine (C=N–C) groups is 1. The van der Waals surface area contributed by atoms with E-state index in [-0.39, 0.29) is 11.7 Å². The Bertz CT molecular complexity index is 1130. The summed E-state index contributed by atoms with van der Waals surface area (Å²) < 4.78 is 11.4. The molecule has 1 saturated heterocycles. The van der Waals surface area contributed by atoms with E-state index in [0.29, 0.717) is 18.7 Å².